The zero-order valence-electron chi connectivity index (χ0n) is 14.2. The third kappa shape index (κ3) is 4.36. The molecule has 0 aliphatic heterocycles. The van der Waals surface area contributed by atoms with E-state index in [1.54, 1.807) is 31.2 Å². The molecule has 2 rings (SSSR count). The molecule has 0 spiro atoms. The van der Waals surface area contributed by atoms with E-state index in [0.29, 0.717) is 10.6 Å². The van der Waals surface area contributed by atoms with Gasteiger partial charge in [-0.05, 0) is 63.1 Å². The second-order valence-electron chi connectivity index (χ2n) is 5.97. The highest BCUT2D eigenvalue weighted by Crippen LogP contribution is 2.22. The molecule has 5 heteroatoms. The molecule has 2 aromatic rings. The van der Waals surface area contributed by atoms with Gasteiger partial charge in [-0.15, -0.1) is 0 Å². The second kappa shape index (κ2) is 7.49. The van der Waals surface area contributed by atoms with E-state index in [2.05, 4.69) is 10.6 Å². The molecule has 0 saturated heterocycles. The summed E-state index contributed by atoms with van der Waals surface area (Å²) in [6.45, 7) is 7.57. The first-order chi connectivity index (χ1) is 11.3. The number of aryl methyl sites for hydroxylation is 3. The predicted octanol–water partition coefficient (Wildman–Crippen LogP) is 4.02. The summed E-state index contributed by atoms with van der Waals surface area (Å²) in [5, 5.41) is 6.15. The third-order valence-corrected chi connectivity index (χ3v) is 4.02. The van der Waals surface area contributed by atoms with Crippen molar-refractivity contribution < 1.29 is 9.59 Å². The van der Waals surface area contributed by atoms with Gasteiger partial charge in [0.1, 0.15) is 6.04 Å². The second-order valence-corrected chi connectivity index (χ2v) is 6.40. The van der Waals surface area contributed by atoms with Crippen molar-refractivity contribution in [3.63, 3.8) is 0 Å². The average Bonchev–Trinajstić information content (AvgIpc) is 2.51. The van der Waals surface area contributed by atoms with Crippen molar-refractivity contribution in [1.82, 2.24) is 5.32 Å². The first kappa shape index (κ1) is 18.0. The molecular weight excluding hydrogens is 324 g/mol. The minimum Gasteiger partial charge on any atom is -0.341 e. The monoisotopic (exact) mass is 344 g/mol. The van der Waals surface area contributed by atoms with Crippen LogP contribution in [0.3, 0.4) is 0 Å². The van der Waals surface area contributed by atoms with Crippen LogP contribution in [0.4, 0.5) is 5.69 Å². The van der Waals surface area contributed by atoms with Gasteiger partial charge in [0.15, 0.2) is 0 Å². The van der Waals surface area contributed by atoms with Gasteiger partial charge in [-0.1, -0.05) is 29.3 Å². The van der Waals surface area contributed by atoms with Gasteiger partial charge in [0.2, 0.25) is 5.91 Å². The lowest BCUT2D eigenvalue weighted by Crippen LogP contribution is -2.41. The van der Waals surface area contributed by atoms with Crippen molar-refractivity contribution in [2.75, 3.05) is 5.32 Å². The molecule has 0 aromatic heterocycles. The van der Waals surface area contributed by atoms with E-state index >= 15 is 0 Å². The van der Waals surface area contributed by atoms with Gasteiger partial charge in [0, 0.05) is 16.3 Å². The fraction of sp³-hybridized carbons (Fsp3) is 0.263. The van der Waals surface area contributed by atoms with Crippen LogP contribution >= 0.6 is 11.6 Å². The summed E-state index contributed by atoms with van der Waals surface area (Å²) in [4.78, 5) is 24.5. The minimum absolute atomic E-state index is 0.257. The van der Waals surface area contributed by atoms with Crippen molar-refractivity contribution >= 4 is 29.1 Å². The molecule has 126 valence electrons. The van der Waals surface area contributed by atoms with E-state index in [1.807, 2.05) is 32.9 Å². The van der Waals surface area contributed by atoms with E-state index in [0.717, 1.165) is 22.4 Å². The summed E-state index contributed by atoms with van der Waals surface area (Å²) in [7, 11) is 0. The zero-order valence-corrected chi connectivity index (χ0v) is 15.0. The largest absolute Gasteiger partial charge is 0.341 e. The van der Waals surface area contributed by atoms with Crippen LogP contribution in [-0.4, -0.2) is 17.9 Å². The third-order valence-electron chi connectivity index (χ3n) is 3.77. The summed E-state index contributed by atoms with van der Waals surface area (Å²) < 4.78 is 0. The molecular formula is C19H21ClN2O2. The number of amides is 2. The fourth-order valence-corrected chi connectivity index (χ4v) is 2.68. The standard InChI is InChI=1S/C19H21ClN2O2/c1-11-9-12(2)17(13(3)10-11)22-18(23)14(4)21-19(24)15-5-7-16(20)8-6-15/h5-10,14H,1-4H3,(H,21,24)(H,22,23). The Morgan fingerprint density at radius 1 is 1.00 bits per heavy atom. The zero-order chi connectivity index (χ0) is 17.9. The van der Waals surface area contributed by atoms with Gasteiger partial charge in [-0.2, -0.15) is 0 Å². The first-order valence-corrected chi connectivity index (χ1v) is 8.11. The lowest BCUT2D eigenvalue weighted by atomic mass is 10.0. The van der Waals surface area contributed by atoms with Gasteiger partial charge in [-0.3, -0.25) is 9.59 Å². The van der Waals surface area contributed by atoms with Crippen molar-refractivity contribution in [3.05, 3.63) is 63.7 Å². The Hall–Kier alpha value is -2.33. The lowest BCUT2D eigenvalue weighted by Gasteiger charge is -2.17. The highest BCUT2D eigenvalue weighted by atomic mass is 35.5. The minimum atomic E-state index is -0.659. The maximum Gasteiger partial charge on any atom is 0.251 e. The SMILES string of the molecule is Cc1cc(C)c(NC(=O)C(C)NC(=O)c2ccc(Cl)cc2)c(C)c1. The Morgan fingerprint density at radius 3 is 2.08 bits per heavy atom. The topological polar surface area (TPSA) is 58.2 Å². The number of carbonyl (C=O) groups is 2. The van der Waals surface area contributed by atoms with Crippen molar-refractivity contribution in [3.8, 4) is 0 Å². The molecule has 0 heterocycles. The van der Waals surface area contributed by atoms with E-state index in [-0.39, 0.29) is 11.8 Å². The van der Waals surface area contributed by atoms with Crippen LogP contribution in [0.1, 0.15) is 34.0 Å². The molecule has 24 heavy (non-hydrogen) atoms. The fourth-order valence-electron chi connectivity index (χ4n) is 2.56. The molecule has 0 aliphatic carbocycles. The molecule has 2 N–H and O–H groups in total. The number of rotatable bonds is 4. The molecule has 4 nitrogen and oxygen atoms in total. The normalized spacial score (nSPS) is 11.7. The molecule has 2 aromatic carbocycles. The summed E-state index contributed by atoms with van der Waals surface area (Å²) in [5.41, 5.74) is 4.39. The van der Waals surface area contributed by atoms with Crippen LogP contribution in [0.5, 0.6) is 0 Å². The Bertz CT molecular complexity index is 746. The number of carbonyl (C=O) groups excluding carboxylic acids is 2. The molecule has 0 radical (unpaired) electrons. The van der Waals surface area contributed by atoms with Crippen LogP contribution in [-0.2, 0) is 4.79 Å². The van der Waals surface area contributed by atoms with Crippen molar-refractivity contribution in [1.29, 1.82) is 0 Å². The molecule has 0 aliphatic rings. The number of hydrogen-bond acceptors (Lipinski definition) is 2. The predicted molar refractivity (Wildman–Crippen MR) is 97.7 cm³/mol. The molecule has 1 atom stereocenters. The van der Waals surface area contributed by atoms with Crippen molar-refractivity contribution in [2.45, 2.75) is 33.7 Å². The maximum atomic E-state index is 12.4. The van der Waals surface area contributed by atoms with E-state index in [1.165, 1.54) is 0 Å². The number of anilines is 1. The van der Waals surface area contributed by atoms with Gasteiger partial charge < -0.3 is 10.6 Å². The summed E-state index contributed by atoms with van der Waals surface area (Å²) >= 11 is 5.81. The molecule has 0 saturated carbocycles. The van der Waals surface area contributed by atoms with Crippen LogP contribution in [0.25, 0.3) is 0 Å². The van der Waals surface area contributed by atoms with Crippen LogP contribution in [0, 0.1) is 20.8 Å². The van der Waals surface area contributed by atoms with E-state index in [9.17, 15) is 9.59 Å². The summed E-state index contributed by atoms with van der Waals surface area (Å²) in [6, 6.07) is 9.89. The maximum absolute atomic E-state index is 12.4. The van der Waals surface area contributed by atoms with Crippen LogP contribution in [0.2, 0.25) is 5.02 Å². The molecule has 1 unspecified atom stereocenters. The first-order valence-electron chi connectivity index (χ1n) is 7.73. The number of halogens is 1. The Balaban J connectivity index is 2.05. The number of nitrogens with one attached hydrogen (secondary N) is 2. The summed E-state index contributed by atoms with van der Waals surface area (Å²) in [6.07, 6.45) is 0. The Labute approximate surface area is 147 Å². The van der Waals surface area contributed by atoms with Gasteiger partial charge in [-0.25, -0.2) is 0 Å². The van der Waals surface area contributed by atoms with Crippen LogP contribution < -0.4 is 10.6 Å². The van der Waals surface area contributed by atoms with Gasteiger partial charge >= 0.3 is 0 Å². The molecule has 2 amide bonds. The van der Waals surface area contributed by atoms with Gasteiger partial charge in [0.05, 0.1) is 0 Å². The quantitative estimate of drug-likeness (QED) is 0.880. The number of hydrogen-bond donors (Lipinski definition) is 2. The smallest absolute Gasteiger partial charge is 0.251 e. The van der Waals surface area contributed by atoms with Crippen LogP contribution in [0.15, 0.2) is 36.4 Å². The van der Waals surface area contributed by atoms with Crippen molar-refractivity contribution in [2.24, 2.45) is 0 Å². The highest BCUT2D eigenvalue weighted by Gasteiger charge is 2.18. The highest BCUT2D eigenvalue weighted by molar-refractivity contribution is 6.30. The summed E-state index contributed by atoms with van der Waals surface area (Å²) in [5.74, 6) is -0.570. The van der Waals surface area contributed by atoms with E-state index in [4.69, 9.17) is 11.6 Å². The number of benzene rings is 2. The van der Waals surface area contributed by atoms with Gasteiger partial charge in [0.25, 0.3) is 5.91 Å². The average molecular weight is 345 g/mol. The van der Waals surface area contributed by atoms with E-state index < -0.39 is 6.04 Å². The molecule has 0 bridgehead atoms. The Kier molecular flexibility index (Phi) is 5.62. The Morgan fingerprint density at radius 2 is 1.54 bits per heavy atom. The lowest BCUT2D eigenvalue weighted by molar-refractivity contribution is -0.117. The molecule has 0 fully saturated rings.